The number of alkyl halides is 1. The van der Waals surface area contributed by atoms with Crippen LogP contribution in [0.15, 0.2) is 23.2 Å². The van der Waals surface area contributed by atoms with Gasteiger partial charge in [0.2, 0.25) is 0 Å². The molecule has 0 aliphatic rings. The Kier molecular flexibility index (Phi) is 4.78. The van der Waals surface area contributed by atoms with Gasteiger partial charge in [-0.25, -0.2) is 4.99 Å². The van der Waals surface area contributed by atoms with E-state index in [-0.39, 0.29) is 17.6 Å². The molecule has 6 heteroatoms. The molecule has 1 rings (SSSR count). The maximum atomic E-state index is 11.9. The van der Waals surface area contributed by atoms with Crippen LogP contribution in [0.3, 0.4) is 0 Å². The minimum atomic E-state index is -0.186. The van der Waals surface area contributed by atoms with Crippen molar-refractivity contribution in [1.82, 2.24) is 4.90 Å². The highest BCUT2D eigenvalue weighted by atomic mass is 35.5. The van der Waals surface area contributed by atoms with Crippen molar-refractivity contribution < 1.29 is 4.79 Å². The fourth-order valence-corrected chi connectivity index (χ4v) is 1.43. The molecule has 0 spiro atoms. The zero-order chi connectivity index (χ0) is 13.0. The molecule has 92 valence electrons. The predicted molar refractivity (Wildman–Crippen MR) is 71.5 cm³/mol. The average molecular weight is 274 g/mol. The van der Waals surface area contributed by atoms with Crippen molar-refractivity contribution in [1.29, 1.82) is 0 Å². The molecule has 1 amide bonds. The molecule has 0 aromatic heterocycles. The highest BCUT2D eigenvalue weighted by molar-refractivity contribution is 6.31. The van der Waals surface area contributed by atoms with E-state index in [4.69, 9.17) is 28.9 Å². The van der Waals surface area contributed by atoms with Crippen LogP contribution in [0.2, 0.25) is 5.02 Å². The number of benzene rings is 1. The number of hydrogen-bond donors (Lipinski definition) is 1. The summed E-state index contributed by atoms with van der Waals surface area (Å²) >= 11 is 11.4. The summed E-state index contributed by atoms with van der Waals surface area (Å²) in [7, 11) is 3.31. The first-order chi connectivity index (χ1) is 7.95. The van der Waals surface area contributed by atoms with Crippen LogP contribution in [0, 0.1) is 0 Å². The lowest BCUT2D eigenvalue weighted by Gasteiger charge is -2.12. The van der Waals surface area contributed by atoms with Crippen molar-refractivity contribution in [2.45, 2.75) is 0 Å². The number of hydrogen-bond acceptors (Lipinski definition) is 2. The fourth-order valence-electron chi connectivity index (χ4n) is 1.20. The Bertz CT molecular complexity index is 458. The van der Waals surface area contributed by atoms with Crippen LogP contribution in [0.5, 0.6) is 0 Å². The van der Waals surface area contributed by atoms with Crippen molar-refractivity contribution in [3.63, 3.8) is 0 Å². The number of amidine groups is 1. The lowest BCUT2D eigenvalue weighted by molar-refractivity contribution is 0.0828. The number of halogens is 2. The smallest absolute Gasteiger partial charge is 0.255 e. The van der Waals surface area contributed by atoms with Crippen molar-refractivity contribution >= 4 is 40.6 Å². The maximum absolute atomic E-state index is 11.9. The summed E-state index contributed by atoms with van der Waals surface area (Å²) in [5.41, 5.74) is 6.41. The van der Waals surface area contributed by atoms with E-state index < -0.39 is 0 Å². The Morgan fingerprint density at radius 2 is 2.12 bits per heavy atom. The molecule has 4 nitrogen and oxygen atoms in total. The van der Waals surface area contributed by atoms with E-state index in [0.717, 1.165) is 0 Å². The second-order valence-corrected chi connectivity index (χ2v) is 4.30. The highest BCUT2D eigenvalue weighted by Gasteiger charge is 2.13. The minimum Gasteiger partial charge on any atom is -0.386 e. The van der Waals surface area contributed by atoms with Crippen LogP contribution in [0.25, 0.3) is 0 Å². The Morgan fingerprint density at radius 3 is 2.65 bits per heavy atom. The first-order valence-electron chi connectivity index (χ1n) is 4.86. The quantitative estimate of drug-likeness (QED) is 0.522. The summed E-state index contributed by atoms with van der Waals surface area (Å²) in [5.74, 6) is 0.175. The molecule has 0 saturated heterocycles. The lowest BCUT2D eigenvalue weighted by Crippen LogP contribution is -2.22. The van der Waals surface area contributed by atoms with Crippen LogP contribution in [-0.4, -0.2) is 36.6 Å². The molecule has 0 heterocycles. The van der Waals surface area contributed by atoms with Gasteiger partial charge in [0.1, 0.15) is 5.84 Å². The van der Waals surface area contributed by atoms with Crippen molar-refractivity contribution in [3.05, 3.63) is 28.8 Å². The molecule has 0 saturated carbocycles. The highest BCUT2D eigenvalue weighted by Crippen LogP contribution is 2.24. The number of carbonyl (C=O) groups is 1. The molecule has 1 aromatic rings. The number of amides is 1. The SMILES string of the molecule is CN(C)C(=O)c1cc(Cl)ccc1N=C(N)CCl. The number of nitrogens with zero attached hydrogens (tertiary/aromatic N) is 2. The molecular weight excluding hydrogens is 261 g/mol. The van der Waals surface area contributed by atoms with Gasteiger partial charge < -0.3 is 10.6 Å². The van der Waals surface area contributed by atoms with Gasteiger partial charge in [-0.2, -0.15) is 0 Å². The van der Waals surface area contributed by atoms with E-state index >= 15 is 0 Å². The monoisotopic (exact) mass is 273 g/mol. The molecule has 0 unspecified atom stereocenters. The Balaban J connectivity index is 3.26. The Morgan fingerprint density at radius 1 is 1.47 bits per heavy atom. The Labute approximate surface area is 110 Å². The first-order valence-corrected chi connectivity index (χ1v) is 5.77. The maximum Gasteiger partial charge on any atom is 0.255 e. The van der Waals surface area contributed by atoms with Crippen LogP contribution in [0.4, 0.5) is 5.69 Å². The van der Waals surface area contributed by atoms with Gasteiger partial charge in [-0.15, -0.1) is 11.6 Å². The summed E-state index contributed by atoms with van der Waals surface area (Å²) in [5, 5.41) is 0.471. The van der Waals surface area contributed by atoms with Crippen LogP contribution in [0.1, 0.15) is 10.4 Å². The van der Waals surface area contributed by atoms with E-state index in [1.807, 2.05) is 0 Å². The van der Waals surface area contributed by atoms with Gasteiger partial charge in [-0.05, 0) is 18.2 Å². The van der Waals surface area contributed by atoms with E-state index in [1.54, 1.807) is 32.3 Å². The molecule has 0 radical (unpaired) electrons. The molecular formula is C11H13Cl2N3O. The molecule has 1 aromatic carbocycles. The Hall–Kier alpha value is -1.26. The molecule has 0 bridgehead atoms. The summed E-state index contributed by atoms with van der Waals surface area (Å²) in [4.78, 5) is 17.4. The first kappa shape index (κ1) is 13.8. The topological polar surface area (TPSA) is 58.7 Å². The van der Waals surface area contributed by atoms with Gasteiger partial charge >= 0.3 is 0 Å². The summed E-state index contributed by atoms with van der Waals surface area (Å²) < 4.78 is 0. The third-order valence-corrected chi connectivity index (χ3v) is 2.51. The van der Waals surface area contributed by atoms with E-state index in [2.05, 4.69) is 4.99 Å². The van der Waals surface area contributed by atoms with E-state index in [1.165, 1.54) is 4.90 Å². The summed E-state index contributed by atoms with van der Waals surface area (Å²) in [6.07, 6.45) is 0. The number of carbonyl (C=O) groups excluding carboxylic acids is 1. The normalized spacial score (nSPS) is 11.4. The minimum absolute atomic E-state index is 0.109. The van der Waals surface area contributed by atoms with Crippen LogP contribution < -0.4 is 5.73 Å². The van der Waals surface area contributed by atoms with Crippen molar-refractivity contribution in [3.8, 4) is 0 Å². The zero-order valence-corrected chi connectivity index (χ0v) is 11.1. The van der Waals surface area contributed by atoms with Gasteiger partial charge in [0, 0.05) is 19.1 Å². The standard InChI is InChI=1S/C11H13Cl2N3O/c1-16(2)11(17)8-5-7(13)3-4-9(8)15-10(14)6-12/h3-5H,6H2,1-2H3,(H2,14,15). The lowest BCUT2D eigenvalue weighted by atomic mass is 10.1. The third-order valence-electron chi connectivity index (χ3n) is 2.00. The zero-order valence-electron chi connectivity index (χ0n) is 9.58. The molecule has 2 N–H and O–H groups in total. The largest absolute Gasteiger partial charge is 0.386 e. The van der Waals surface area contributed by atoms with Crippen LogP contribution in [-0.2, 0) is 0 Å². The van der Waals surface area contributed by atoms with Gasteiger partial charge in [-0.1, -0.05) is 11.6 Å². The van der Waals surface area contributed by atoms with Gasteiger partial charge in [0.25, 0.3) is 5.91 Å². The number of nitrogens with two attached hydrogens (primary N) is 1. The number of rotatable bonds is 3. The predicted octanol–water partition coefficient (Wildman–Crippen LogP) is 2.27. The van der Waals surface area contributed by atoms with Gasteiger partial charge in [0.15, 0.2) is 0 Å². The second kappa shape index (κ2) is 5.89. The fraction of sp³-hybridized carbons (Fsp3) is 0.273. The van der Waals surface area contributed by atoms with Crippen LogP contribution >= 0.6 is 23.2 Å². The van der Waals surface area contributed by atoms with E-state index in [9.17, 15) is 4.79 Å². The number of aliphatic imine (C=N–C) groups is 1. The summed E-state index contributed by atoms with van der Waals surface area (Å²) in [6.45, 7) is 0. The second-order valence-electron chi connectivity index (χ2n) is 3.60. The van der Waals surface area contributed by atoms with Gasteiger partial charge in [-0.3, -0.25) is 4.79 Å². The van der Waals surface area contributed by atoms with Crippen molar-refractivity contribution in [2.24, 2.45) is 10.7 Å². The third kappa shape index (κ3) is 3.61. The average Bonchev–Trinajstić information content (AvgIpc) is 2.30. The van der Waals surface area contributed by atoms with Gasteiger partial charge in [0.05, 0.1) is 17.1 Å². The molecule has 0 fully saturated rings. The molecule has 0 atom stereocenters. The molecule has 0 aliphatic heterocycles. The summed E-state index contributed by atoms with van der Waals surface area (Å²) in [6, 6.07) is 4.84. The molecule has 0 aliphatic carbocycles. The molecule has 17 heavy (non-hydrogen) atoms. The van der Waals surface area contributed by atoms with Crippen molar-refractivity contribution in [2.75, 3.05) is 20.0 Å². The van der Waals surface area contributed by atoms with E-state index in [0.29, 0.717) is 16.3 Å².